The van der Waals surface area contributed by atoms with E-state index in [1.165, 1.54) is 0 Å². The van der Waals surface area contributed by atoms with Gasteiger partial charge in [-0.3, -0.25) is 4.68 Å². The van der Waals surface area contributed by atoms with Crippen molar-refractivity contribution < 1.29 is 4.79 Å². The minimum atomic E-state index is -0.168. The van der Waals surface area contributed by atoms with Crippen LogP contribution >= 0.6 is 23.2 Å². The Labute approximate surface area is 139 Å². The van der Waals surface area contributed by atoms with E-state index in [-0.39, 0.29) is 12.1 Å². The molecule has 1 aromatic carbocycles. The van der Waals surface area contributed by atoms with Crippen molar-refractivity contribution in [1.82, 2.24) is 20.0 Å². The number of carbonyl (C=O) groups is 1. The second-order valence-corrected chi connectivity index (χ2v) is 6.04. The van der Waals surface area contributed by atoms with Crippen LogP contribution in [0, 0.1) is 0 Å². The summed E-state index contributed by atoms with van der Waals surface area (Å²) in [6, 6.07) is 5.00. The Balaban J connectivity index is 1.96. The summed E-state index contributed by atoms with van der Waals surface area (Å²) in [7, 11) is 3.58. The molecule has 0 saturated heterocycles. The van der Waals surface area contributed by atoms with E-state index < -0.39 is 0 Å². The van der Waals surface area contributed by atoms with Crippen molar-refractivity contribution in [3.8, 4) is 0 Å². The lowest BCUT2D eigenvalue weighted by Crippen LogP contribution is -2.38. The summed E-state index contributed by atoms with van der Waals surface area (Å²) in [5.74, 6) is 0. The van der Waals surface area contributed by atoms with Gasteiger partial charge in [0.05, 0.1) is 28.8 Å². The molecular formula is C15H18Cl2N4O. The summed E-state index contributed by atoms with van der Waals surface area (Å²) in [6.45, 7) is 2.39. The number of rotatable bonds is 4. The number of benzene rings is 1. The lowest BCUT2D eigenvalue weighted by Gasteiger charge is -2.21. The Morgan fingerprint density at radius 3 is 2.73 bits per heavy atom. The monoisotopic (exact) mass is 340 g/mol. The van der Waals surface area contributed by atoms with Gasteiger partial charge in [-0.25, -0.2) is 4.79 Å². The molecule has 1 aromatic heterocycles. The molecule has 0 aliphatic carbocycles. The topological polar surface area (TPSA) is 50.2 Å². The summed E-state index contributed by atoms with van der Waals surface area (Å²) in [4.78, 5) is 13.8. The molecule has 0 fully saturated rings. The van der Waals surface area contributed by atoms with Crippen LogP contribution in [-0.4, -0.2) is 27.8 Å². The molecule has 1 unspecified atom stereocenters. The lowest BCUT2D eigenvalue weighted by molar-refractivity contribution is 0.203. The Bertz CT molecular complexity index is 671. The highest BCUT2D eigenvalue weighted by Gasteiger charge is 2.15. The minimum Gasteiger partial charge on any atom is -0.331 e. The van der Waals surface area contributed by atoms with Crippen molar-refractivity contribution in [3.63, 3.8) is 0 Å². The second kappa shape index (κ2) is 7.03. The summed E-state index contributed by atoms with van der Waals surface area (Å²) in [5, 5.41) is 7.99. The van der Waals surface area contributed by atoms with Gasteiger partial charge in [-0.2, -0.15) is 5.10 Å². The fourth-order valence-electron chi connectivity index (χ4n) is 2.06. The third-order valence-electron chi connectivity index (χ3n) is 3.31. The van der Waals surface area contributed by atoms with Crippen LogP contribution in [0.2, 0.25) is 10.0 Å². The van der Waals surface area contributed by atoms with Gasteiger partial charge in [-0.15, -0.1) is 0 Å². The number of nitrogens with zero attached hydrogens (tertiary/aromatic N) is 3. The highest BCUT2D eigenvalue weighted by Crippen LogP contribution is 2.25. The molecule has 22 heavy (non-hydrogen) atoms. The van der Waals surface area contributed by atoms with E-state index in [2.05, 4.69) is 10.4 Å². The molecule has 2 amide bonds. The van der Waals surface area contributed by atoms with E-state index in [9.17, 15) is 4.79 Å². The van der Waals surface area contributed by atoms with Gasteiger partial charge in [0.2, 0.25) is 0 Å². The molecule has 2 rings (SSSR count). The number of urea groups is 1. The Hall–Kier alpha value is -1.72. The minimum absolute atomic E-state index is 0.164. The van der Waals surface area contributed by atoms with Gasteiger partial charge in [0.1, 0.15) is 0 Å². The van der Waals surface area contributed by atoms with Crippen molar-refractivity contribution in [1.29, 1.82) is 0 Å². The zero-order valence-corrected chi connectivity index (χ0v) is 14.2. The van der Waals surface area contributed by atoms with Gasteiger partial charge in [0, 0.05) is 25.9 Å². The fraction of sp³-hybridized carbons (Fsp3) is 0.333. The molecule has 1 heterocycles. The normalized spacial score (nSPS) is 12.0. The molecule has 0 saturated carbocycles. The number of amides is 2. The molecule has 0 bridgehead atoms. The van der Waals surface area contributed by atoms with Gasteiger partial charge in [0.25, 0.3) is 0 Å². The van der Waals surface area contributed by atoms with Crippen LogP contribution in [0.5, 0.6) is 0 Å². The van der Waals surface area contributed by atoms with Gasteiger partial charge in [-0.05, 0) is 24.6 Å². The number of hydrogen-bond donors (Lipinski definition) is 1. The SMILES string of the molecule is CC(NC(=O)N(C)Cc1cnn(C)c1)c1ccc(Cl)c(Cl)c1. The first-order valence-corrected chi connectivity index (χ1v) is 7.56. The smallest absolute Gasteiger partial charge is 0.317 e. The number of aromatic nitrogens is 2. The molecule has 0 aliphatic heterocycles. The standard InChI is InChI=1S/C15H18Cl2N4O/c1-10(12-4-5-13(16)14(17)6-12)19-15(22)20(2)8-11-7-18-21(3)9-11/h4-7,9-10H,8H2,1-3H3,(H,19,22). The molecule has 1 N–H and O–H groups in total. The Morgan fingerprint density at radius 1 is 1.41 bits per heavy atom. The predicted molar refractivity (Wildman–Crippen MR) is 88.1 cm³/mol. The van der Waals surface area contributed by atoms with Crippen molar-refractivity contribution in [2.24, 2.45) is 7.05 Å². The summed E-state index contributed by atoms with van der Waals surface area (Å²) in [5.41, 5.74) is 1.87. The zero-order valence-electron chi connectivity index (χ0n) is 12.7. The molecule has 5 nitrogen and oxygen atoms in total. The fourth-order valence-corrected chi connectivity index (χ4v) is 2.37. The lowest BCUT2D eigenvalue weighted by atomic mass is 10.1. The first-order valence-electron chi connectivity index (χ1n) is 6.81. The quantitative estimate of drug-likeness (QED) is 0.923. The molecule has 0 aliphatic rings. The Morgan fingerprint density at radius 2 is 2.14 bits per heavy atom. The van der Waals surface area contributed by atoms with E-state index in [0.717, 1.165) is 11.1 Å². The highest BCUT2D eigenvalue weighted by atomic mass is 35.5. The molecule has 118 valence electrons. The van der Waals surface area contributed by atoms with Crippen LogP contribution in [0.15, 0.2) is 30.6 Å². The maximum Gasteiger partial charge on any atom is 0.317 e. The zero-order chi connectivity index (χ0) is 16.3. The third kappa shape index (κ3) is 4.15. The predicted octanol–water partition coefficient (Wildman–Crippen LogP) is 3.63. The van der Waals surface area contributed by atoms with Crippen molar-refractivity contribution in [3.05, 3.63) is 51.8 Å². The first kappa shape index (κ1) is 16.6. The largest absolute Gasteiger partial charge is 0.331 e. The van der Waals surface area contributed by atoms with Gasteiger partial charge < -0.3 is 10.2 Å². The van der Waals surface area contributed by atoms with Crippen LogP contribution in [0.1, 0.15) is 24.1 Å². The van der Waals surface area contributed by atoms with E-state index in [0.29, 0.717) is 16.6 Å². The average Bonchev–Trinajstić information content (AvgIpc) is 2.86. The van der Waals surface area contributed by atoms with Crippen molar-refractivity contribution in [2.45, 2.75) is 19.5 Å². The maximum absolute atomic E-state index is 12.2. The number of aryl methyl sites for hydroxylation is 1. The summed E-state index contributed by atoms with van der Waals surface area (Å²) < 4.78 is 1.71. The highest BCUT2D eigenvalue weighted by molar-refractivity contribution is 6.42. The van der Waals surface area contributed by atoms with Gasteiger partial charge >= 0.3 is 6.03 Å². The number of halogens is 2. The van der Waals surface area contributed by atoms with Crippen LogP contribution in [0.25, 0.3) is 0 Å². The number of carbonyl (C=O) groups excluding carboxylic acids is 1. The van der Waals surface area contributed by atoms with Gasteiger partial charge in [-0.1, -0.05) is 29.3 Å². The molecule has 0 radical (unpaired) electrons. The Kier molecular flexibility index (Phi) is 5.32. The summed E-state index contributed by atoms with van der Waals surface area (Å²) in [6.07, 6.45) is 3.62. The molecule has 7 heteroatoms. The van der Waals surface area contributed by atoms with Crippen LogP contribution < -0.4 is 5.32 Å². The maximum atomic E-state index is 12.2. The average molecular weight is 341 g/mol. The van der Waals surface area contributed by atoms with E-state index in [1.54, 1.807) is 35.0 Å². The van der Waals surface area contributed by atoms with Crippen molar-refractivity contribution >= 4 is 29.2 Å². The summed E-state index contributed by atoms with van der Waals surface area (Å²) >= 11 is 11.9. The van der Waals surface area contributed by atoms with E-state index in [4.69, 9.17) is 23.2 Å². The number of hydrogen-bond acceptors (Lipinski definition) is 2. The van der Waals surface area contributed by atoms with Crippen molar-refractivity contribution in [2.75, 3.05) is 7.05 Å². The van der Waals surface area contributed by atoms with Crippen LogP contribution in [0.3, 0.4) is 0 Å². The molecule has 0 spiro atoms. The van der Waals surface area contributed by atoms with E-state index >= 15 is 0 Å². The first-order chi connectivity index (χ1) is 10.4. The third-order valence-corrected chi connectivity index (χ3v) is 4.05. The number of nitrogens with one attached hydrogen (secondary N) is 1. The van der Waals surface area contributed by atoms with E-state index in [1.807, 2.05) is 26.2 Å². The molecule has 1 atom stereocenters. The molecule has 2 aromatic rings. The van der Waals surface area contributed by atoms with Crippen LogP contribution in [0.4, 0.5) is 4.79 Å². The molecular weight excluding hydrogens is 323 g/mol. The van der Waals surface area contributed by atoms with Crippen LogP contribution in [-0.2, 0) is 13.6 Å². The second-order valence-electron chi connectivity index (χ2n) is 5.22. The van der Waals surface area contributed by atoms with Gasteiger partial charge in [0.15, 0.2) is 0 Å².